The molecule has 1 atom stereocenters. The van der Waals surface area contributed by atoms with E-state index in [1.54, 1.807) is 6.92 Å². The Kier molecular flexibility index (Phi) is 4.69. The third kappa shape index (κ3) is 3.47. The van der Waals surface area contributed by atoms with Gasteiger partial charge in [0.15, 0.2) is 0 Å². The van der Waals surface area contributed by atoms with Gasteiger partial charge in [-0.1, -0.05) is 11.6 Å². The van der Waals surface area contributed by atoms with Gasteiger partial charge in [-0.25, -0.2) is 0 Å². The van der Waals surface area contributed by atoms with Crippen LogP contribution < -0.4 is 5.32 Å². The second kappa shape index (κ2) is 6.03. The van der Waals surface area contributed by atoms with Gasteiger partial charge in [-0.2, -0.15) is 0 Å². The molecule has 0 aromatic heterocycles. The molecule has 0 saturated carbocycles. The van der Waals surface area contributed by atoms with Gasteiger partial charge in [-0.15, -0.1) is 12.3 Å². The first-order valence-electron chi connectivity index (χ1n) is 5.14. The van der Waals surface area contributed by atoms with Crippen molar-refractivity contribution in [2.75, 3.05) is 0 Å². The third-order valence-corrected chi connectivity index (χ3v) is 2.53. The van der Waals surface area contributed by atoms with E-state index in [0.29, 0.717) is 6.42 Å². The van der Waals surface area contributed by atoms with E-state index in [-0.39, 0.29) is 22.3 Å². The Hall–Kier alpha value is -2.06. The maximum absolute atomic E-state index is 11.8. The monoisotopic (exact) mass is 266 g/mol. The Balaban J connectivity index is 2.91. The summed E-state index contributed by atoms with van der Waals surface area (Å²) >= 11 is 5.65. The van der Waals surface area contributed by atoms with Crippen molar-refractivity contribution in [3.05, 3.63) is 38.9 Å². The molecule has 1 amide bonds. The lowest BCUT2D eigenvalue weighted by Crippen LogP contribution is -2.32. The highest BCUT2D eigenvalue weighted by Gasteiger charge is 2.17. The van der Waals surface area contributed by atoms with Crippen molar-refractivity contribution in [1.82, 2.24) is 5.32 Å². The molecule has 1 unspecified atom stereocenters. The van der Waals surface area contributed by atoms with E-state index in [0.717, 1.165) is 6.07 Å². The number of carbonyl (C=O) groups excluding carboxylic acids is 1. The summed E-state index contributed by atoms with van der Waals surface area (Å²) in [6.07, 6.45) is 5.51. The number of hydrogen-bond donors (Lipinski definition) is 1. The van der Waals surface area contributed by atoms with Crippen LogP contribution in [0.3, 0.4) is 0 Å². The smallest absolute Gasteiger partial charge is 0.288 e. The van der Waals surface area contributed by atoms with Crippen LogP contribution in [-0.2, 0) is 0 Å². The standard InChI is InChI=1S/C12H11ClN2O3/c1-3-4-8(2)14-12(16)9-5-6-10(13)11(7-9)15(17)18/h1,5-8H,4H2,2H3,(H,14,16). The number of nitrogens with one attached hydrogen (secondary N) is 1. The van der Waals surface area contributed by atoms with Gasteiger partial charge in [0.05, 0.1) is 4.92 Å². The molecule has 5 nitrogen and oxygen atoms in total. The molecule has 0 saturated heterocycles. The lowest BCUT2D eigenvalue weighted by molar-refractivity contribution is -0.384. The van der Waals surface area contributed by atoms with Crippen molar-refractivity contribution in [2.45, 2.75) is 19.4 Å². The molecular weight excluding hydrogens is 256 g/mol. The normalized spacial score (nSPS) is 11.4. The number of amides is 1. The summed E-state index contributed by atoms with van der Waals surface area (Å²) in [4.78, 5) is 21.8. The van der Waals surface area contributed by atoms with E-state index >= 15 is 0 Å². The fourth-order valence-corrected chi connectivity index (χ4v) is 1.52. The predicted molar refractivity (Wildman–Crippen MR) is 68.5 cm³/mol. The number of nitro groups is 1. The Bertz CT molecular complexity index is 523. The lowest BCUT2D eigenvalue weighted by Gasteiger charge is -2.10. The second-order valence-electron chi connectivity index (χ2n) is 3.71. The van der Waals surface area contributed by atoms with Crippen LogP contribution in [0.1, 0.15) is 23.7 Å². The molecule has 0 heterocycles. The molecule has 1 aromatic rings. The fraction of sp³-hybridized carbons (Fsp3) is 0.250. The first kappa shape index (κ1) is 14.0. The fourth-order valence-electron chi connectivity index (χ4n) is 1.33. The number of nitro benzene ring substituents is 1. The highest BCUT2D eigenvalue weighted by atomic mass is 35.5. The van der Waals surface area contributed by atoms with Crippen LogP contribution in [-0.4, -0.2) is 16.9 Å². The molecule has 0 bridgehead atoms. The minimum absolute atomic E-state index is 0.00627. The van der Waals surface area contributed by atoms with E-state index in [2.05, 4.69) is 11.2 Å². The summed E-state index contributed by atoms with van der Waals surface area (Å²) < 4.78 is 0. The van der Waals surface area contributed by atoms with Crippen molar-refractivity contribution in [3.63, 3.8) is 0 Å². The molecule has 0 fully saturated rings. The van der Waals surface area contributed by atoms with Gasteiger partial charge < -0.3 is 5.32 Å². The van der Waals surface area contributed by atoms with Crippen molar-refractivity contribution < 1.29 is 9.72 Å². The van der Waals surface area contributed by atoms with Crippen molar-refractivity contribution >= 4 is 23.2 Å². The molecule has 94 valence electrons. The maximum Gasteiger partial charge on any atom is 0.288 e. The average molecular weight is 267 g/mol. The summed E-state index contributed by atoms with van der Waals surface area (Å²) in [6.45, 7) is 1.75. The topological polar surface area (TPSA) is 72.2 Å². The van der Waals surface area contributed by atoms with E-state index in [4.69, 9.17) is 18.0 Å². The van der Waals surface area contributed by atoms with Crippen LogP contribution in [0, 0.1) is 22.5 Å². The third-order valence-electron chi connectivity index (χ3n) is 2.21. The zero-order chi connectivity index (χ0) is 13.7. The van der Waals surface area contributed by atoms with Crippen LogP contribution in [0.5, 0.6) is 0 Å². The van der Waals surface area contributed by atoms with Gasteiger partial charge in [0.1, 0.15) is 5.02 Å². The Morgan fingerprint density at radius 3 is 2.89 bits per heavy atom. The molecule has 6 heteroatoms. The summed E-state index contributed by atoms with van der Waals surface area (Å²) in [6, 6.07) is 3.69. The maximum atomic E-state index is 11.8. The second-order valence-corrected chi connectivity index (χ2v) is 4.11. The number of rotatable bonds is 4. The quantitative estimate of drug-likeness (QED) is 0.517. The number of carbonyl (C=O) groups is 1. The zero-order valence-corrected chi connectivity index (χ0v) is 10.4. The minimum atomic E-state index is -0.635. The molecule has 0 aliphatic carbocycles. The molecular formula is C12H11ClN2O3. The Labute approximate surface area is 109 Å². The summed E-state index contributed by atoms with van der Waals surface area (Å²) in [5.41, 5.74) is -0.121. The summed E-state index contributed by atoms with van der Waals surface area (Å²) in [7, 11) is 0. The van der Waals surface area contributed by atoms with Crippen LogP contribution in [0.15, 0.2) is 18.2 Å². The Morgan fingerprint density at radius 1 is 1.67 bits per heavy atom. The van der Waals surface area contributed by atoms with Crippen molar-refractivity contribution in [2.24, 2.45) is 0 Å². The summed E-state index contributed by atoms with van der Waals surface area (Å²) in [5, 5.41) is 13.3. The first-order chi connectivity index (χ1) is 8.45. The number of terminal acetylenes is 1. The lowest BCUT2D eigenvalue weighted by atomic mass is 10.1. The van der Waals surface area contributed by atoms with Gasteiger partial charge in [0.25, 0.3) is 11.6 Å². The van der Waals surface area contributed by atoms with E-state index in [1.165, 1.54) is 12.1 Å². The van der Waals surface area contributed by atoms with Gasteiger partial charge in [-0.3, -0.25) is 14.9 Å². The number of hydrogen-bond acceptors (Lipinski definition) is 3. The molecule has 18 heavy (non-hydrogen) atoms. The molecule has 0 aliphatic rings. The molecule has 0 spiro atoms. The van der Waals surface area contributed by atoms with Crippen LogP contribution in [0.25, 0.3) is 0 Å². The van der Waals surface area contributed by atoms with E-state index in [1.807, 2.05) is 0 Å². The highest BCUT2D eigenvalue weighted by molar-refractivity contribution is 6.32. The molecule has 1 rings (SSSR count). The van der Waals surface area contributed by atoms with Gasteiger partial charge in [0.2, 0.25) is 0 Å². The van der Waals surface area contributed by atoms with Crippen LogP contribution in [0.2, 0.25) is 5.02 Å². The van der Waals surface area contributed by atoms with Crippen molar-refractivity contribution in [1.29, 1.82) is 0 Å². The highest BCUT2D eigenvalue weighted by Crippen LogP contribution is 2.25. The largest absolute Gasteiger partial charge is 0.349 e. The van der Waals surface area contributed by atoms with Crippen LogP contribution in [0.4, 0.5) is 5.69 Å². The van der Waals surface area contributed by atoms with E-state index in [9.17, 15) is 14.9 Å². The zero-order valence-electron chi connectivity index (χ0n) is 9.64. The first-order valence-corrected chi connectivity index (χ1v) is 5.51. The van der Waals surface area contributed by atoms with Gasteiger partial charge >= 0.3 is 0 Å². The Morgan fingerprint density at radius 2 is 2.33 bits per heavy atom. The number of halogens is 1. The molecule has 1 N–H and O–H groups in total. The van der Waals surface area contributed by atoms with E-state index < -0.39 is 10.8 Å². The number of benzene rings is 1. The minimum Gasteiger partial charge on any atom is -0.349 e. The summed E-state index contributed by atoms with van der Waals surface area (Å²) in [5.74, 6) is 2.00. The van der Waals surface area contributed by atoms with Crippen LogP contribution >= 0.6 is 11.6 Å². The molecule has 1 aromatic carbocycles. The average Bonchev–Trinajstić information content (AvgIpc) is 2.29. The number of nitrogens with zero attached hydrogens (tertiary/aromatic N) is 1. The molecule has 0 aliphatic heterocycles. The van der Waals surface area contributed by atoms with Gasteiger partial charge in [-0.05, 0) is 19.1 Å². The van der Waals surface area contributed by atoms with Gasteiger partial charge in [0, 0.05) is 24.1 Å². The molecule has 0 radical (unpaired) electrons. The SMILES string of the molecule is C#CCC(C)NC(=O)c1ccc(Cl)c([N+](=O)[O-])c1. The van der Waals surface area contributed by atoms with Crippen molar-refractivity contribution in [3.8, 4) is 12.3 Å². The predicted octanol–water partition coefficient (Wildman–Crippen LogP) is 2.39.